The number of carbonyl (C=O) groups is 1. The highest BCUT2D eigenvalue weighted by Gasteiger charge is 2.13. The first-order chi connectivity index (χ1) is 8.58. The number of rotatable bonds is 3. The quantitative estimate of drug-likeness (QED) is 0.815. The molecule has 0 bridgehead atoms. The van der Waals surface area contributed by atoms with Gasteiger partial charge in [-0.05, 0) is 36.4 Å². The monoisotopic (exact) mass is 246 g/mol. The molecule has 0 aliphatic carbocycles. The van der Waals surface area contributed by atoms with E-state index in [0.717, 1.165) is 0 Å². The highest BCUT2D eigenvalue weighted by atomic mass is 19.1. The Morgan fingerprint density at radius 3 is 2.39 bits per heavy atom. The maximum Gasteiger partial charge on any atom is 0.252 e. The second-order valence-electron chi connectivity index (χ2n) is 3.64. The number of nitrogens with two attached hydrogens (primary N) is 2. The number of amides is 1. The van der Waals surface area contributed by atoms with E-state index in [4.69, 9.17) is 16.2 Å². The van der Waals surface area contributed by atoms with Crippen molar-refractivity contribution < 1.29 is 13.9 Å². The van der Waals surface area contributed by atoms with Crippen LogP contribution in [0, 0.1) is 5.82 Å². The minimum absolute atomic E-state index is 0.177. The largest absolute Gasteiger partial charge is 0.454 e. The molecule has 0 saturated carbocycles. The Kier molecular flexibility index (Phi) is 3.14. The number of halogens is 1. The molecule has 2 aromatic rings. The van der Waals surface area contributed by atoms with Crippen LogP contribution in [0.5, 0.6) is 11.5 Å². The number of ether oxygens (including phenoxy) is 1. The van der Waals surface area contributed by atoms with Gasteiger partial charge in [0.1, 0.15) is 11.6 Å². The molecule has 4 N–H and O–H groups in total. The summed E-state index contributed by atoms with van der Waals surface area (Å²) in [6.45, 7) is 0. The zero-order chi connectivity index (χ0) is 13.1. The van der Waals surface area contributed by atoms with Crippen LogP contribution in [0.25, 0.3) is 0 Å². The molecule has 0 radical (unpaired) electrons. The van der Waals surface area contributed by atoms with Gasteiger partial charge in [-0.1, -0.05) is 6.07 Å². The van der Waals surface area contributed by atoms with Crippen LogP contribution in [-0.2, 0) is 0 Å². The maximum absolute atomic E-state index is 12.8. The third-order valence-corrected chi connectivity index (χ3v) is 2.34. The lowest BCUT2D eigenvalue weighted by Gasteiger charge is -2.11. The number of nitrogen functional groups attached to an aromatic ring is 1. The molecule has 0 aromatic heterocycles. The molecule has 0 unspecified atom stereocenters. The van der Waals surface area contributed by atoms with E-state index in [0.29, 0.717) is 5.75 Å². The van der Waals surface area contributed by atoms with Crippen LogP contribution in [0.4, 0.5) is 10.1 Å². The van der Waals surface area contributed by atoms with Crippen molar-refractivity contribution in [3.05, 3.63) is 53.8 Å². The fraction of sp³-hybridized carbons (Fsp3) is 0. The topological polar surface area (TPSA) is 78.3 Å². The smallest absolute Gasteiger partial charge is 0.252 e. The minimum atomic E-state index is -0.639. The lowest BCUT2D eigenvalue weighted by Crippen LogP contribution is -2.13. The summed E-state index contributed by atoms with van der Waals surface area (Å²) < 4.78 is 18.2. The molecule has 0 spiro atoms. The lowest BCUT2D eigenvalue weighted by molar-refractivity contribution is 0.0998. The fourth-order valence-corrected chi connectivity index (χ4v) is 1.48. The third kappa shape index (κ3) is 2.40. The van der Waals surface area contributed by atoms with Gasteiger partial charge >= 0.3 is 0 Å². The first-order valence-electron chi connectivity index (χ1n) is 5.19. The van der Waals surface area contributed by atoms with E-state index < -0.39 is 5.91 Å². The van der Waals surface area contributed by atoms with Gasteiger partial charge < -0.3 is 16.2 Å². The molecule has 0 fully saturated rings. The van der Waals surface area contributed by atoms with Gasteiger partial charge in [-0.15, -0.1) is 0 Å². The van der Waals surface area contributed by atoms with Crippen LogP contribution in [0.2, 0.25) is 0 Å². The van der Waals surface area contributed by atoms with Gasteiger partial charge in [0, 0.05) is 0 Å². The van der Waals surface area contributed by atoms with Gasteiger partial charge in [-0.25, -0.2) is 4.39 Å². The summed E-state index contributed by atoms with van der Waals surface area (Å²) in [7, 11) is 0. The zero-order valence-electron chi connectivity index (χ0n) is 9.39. The molecule has 0 saturated heterocycles. The Labute approximate surface area is 103 Å². The predicted octanol–water partition coefficient (Wildman–Crippen LogP) is 2.30. The normalized spacial score (nSPS) is 10.1. The molecule has 92 valence electrons. The SMILES string of the molecule is NC(=O)c1cccc(N)c1Oc1ccc(F)cc1. The Morgan fingerprint density at radius 1 is 1.11 bits per heavy atom. The second-order valence-corrected chi connectivity index (χ2v) is 3.64. The molecule has 0 heterocycles. The summed E-state index contributed by atoms with van der Waals surface area (Å²) in [6, 6.07) is 10.1. The van der Waals surface area contributed by atoms with E-state index in [1.165, 1.54) is 30.3 Å². The summed E-state index contributed by atoms with van der Waals surface area (Å²) in [4.78, 5) is 11.2. The lowest BCUT2D eigenvalue weighted by atomic mass is 10.1. The molecule has 0 atom stereocenters. The van der Waals surface area contributed by atoms with Gasteiger partial charge in [-0.3, -0.25) is 4.79 Å². The Hall–Kier alpha value is -2.56. The van der Waals surface area contributed by atoms with Crippen molar-refractivity contribution >= 4 is 11.6 Å². The Morgan fingerprint density at radius 2 is 1.78 bits per heavy atom. The number of hydrogen-bond donors (Lipinski definition) is 2. The van der Waals surface area contributed by atoms with Crippen LogP contribution in [0.3, 0.4) is 0 Å². The van der Waals surface area contributed by atoms with E-state index in [9.17, 15) is 9.18 Å². The molecular weight excluding hydrogens is 235 g/mol. The van der Waals surface area contributed by atoms with Crippen molar-refractivity contribution in [2.45, 2.75) is 0 Å². The summed E-state index contributed by atoms with van der Waals surface area (Å²) in [5.74, 6) is -0.466. The van der Waals surface area contributed by atoms with Gasteiger partial charge in [0.05, 0.1) is 11.3 Å². The van der Waals surface area contributed by atoms with Crippen molar-refractivity contribution in [2.75, 3.05) is 5.73 Å². The first kappa shape index (κ1) is 11.9. The van der Waals surface area contributed by atoms with Crippen LogP contribution in [0.1, 0.15) is 10.4 Å². The summed E-state index contributed by atoms with van der Waals surface area (Å²) in [5, 5.41) is 0. The molecular formula is C13H11FN2O2. The van der Waals surface area contributed by atoms with Gasteiger partial charge in [0.2, 0.25) is 0 Å². The summed E-state index contributed by atoms with van der Waals surface area (Å²) in [5.41, 5.74) is 11.4. The second kappa shape index (κ2) is 4.75. The van der Waals surface area contributed by atoms with E-state index >= 15 is 0 Å². The molecule has 0 aliphatic rings. The van der Waals surface area contributed by atoms with Crippen molar-refractivity contribution in [2.24, 2.45) is 5.73 Å². The highest BCUT2D eigenvalue weighted by Crippen LogP contribution is 2.31. The van der Waals surface area contributed by atoms with Gasteiger partial charge in [0.25, 0.3) is 5.91 Å². The predicted molar refractivity (Wildman–Crippen MR) is 65.8 cm³/mol. The van der Waals surface area contributed by atoms with Crippen LogP contribution < -0.4 is 16.2 Å². The van der Waals surface area contributed by atoms with Gasteiger partial charge in [-0.2, -0.15) is 0 Å². The van der Waals surface area contributed by atoms with Crippen LogP contribution >= 0.6 is 0 Å². The average molecular weight is 246 g/mol. The molecule has 5 heteroatoms. The molecule has 0 aliphatic heterocycles. The number of benzene rings is 2. The average Bonchev–Trinajstić information content (AvgIpc) is 2.34. The standard InChI is InChI=1S/C13H11FN2O2/c14-8-4-6-9(7-5-8)18-12-10(13(16)17)2-1-3-11(12)15/h1-7H,15H2,(H2,16,17). The number of primary amides is 1. The molecule has 1 amide bonds. The summed E-state index contributed by atoms with van der Waals surface area (Å²) in [6.07, 6.45) is 0. The fourth-order valence-electron chi connectivity index (χ4n) is 1.48. The van der Waals surface area contributed by atoms with Crippen molar-refractivity contribution in [3.8, 4) is 11.5 Å². The van der Waals surface area contributed by atoms with Gasteiger partial charge in [0.15, 0.2) is 5.75 Å². The number of anilines is 1. The summed E-state index contributed by atoms with van der Waals surface area (Å²) >= 11 is 0. The van der Waals surface area contributed by atoms with Crippen molar-refractivity contribution in [1.29, 1.82) is 0 Å². The van der Waals surface area contributed by atoms with Crippen LogP contribution in [-0.4, -0.2) is 5.91 Å². The molecule has 4 nitrogen and oxygen atoms in total. The van der Waals surface area contributed by atoms with Crippen LogP contribution in [0.15, 0.2) is 42.5 Å². The zero-order valence-corrected chi connectivity index (χ0v) is 9.39. The molecule has 2 rings (SSSR count). The first-order valence-corrected chi connectivity index (χ1v) is 5.19. The van der Waals surface area contributed by atoms with E-state index in [2.05, 4.69) is 0 Å². The van der Waals surface area contributed by atoms with E-state index in [1.807, 2.05) is 0 Å². The van der Waals surface area contributed by atoms with E-state index in [-0.39, 0.29) is 22.8 Å². The highest BCUT2D eigenvalue weighted by molar-refractivity contribution is 5.97. The van der Waals surface area contributed by atoms with Crippen molar-refractivity contribution in [3.63, 3.8) is 0 Å². The molecule has 2 aromatic carbocycles. The third-order valence-electron chi connectivity index (χ3n) is 2.34. The number of para-hydroxylation sites is 1. The number of carbonyl (C=O) groups excluding carboxylic acids is 1. The Balaban J connectivity index is 2.39. The minimum Gasteiger partial charge on any atom is -0.454 e. The van der Waals surface area contributed by atoms with E-state index in [1.54, 1.807) is 12.1 Å². The van der Waals surface area contributed by atoms with Crippen molar-refractivity contribution in [1.82, 2.24) is 0 Å². The molecule has 18 heavy (non-hydrogen) atoms. The Bertz CT molecular complexity index is 582. The number of hydrogen-bond acceptors (Lipinski definition) is 3. The maximum atomic E-state index is 12.8.